The number of carbonyl (C=O) groups excluding carboxylic acids is 4. The highest BCUT2D eigenvalue weighted by Gasteiger charge is 2.30. The first-order valence-electron chi connectivity index (χ1n) is 38.6. The Labute approximate surface area is 568 Å². The van der Waals surface area contributed by atoms with E-state index >= 15 is 0 Å². The molecule has 0 aliphatic rings. The molecule has 0 radical (unpaired) electrons. The van der Waals surface area contributed by atoms with Gasteiger partial charge in [0.15, 0.2) is 12.2 Å². The Bertz CT molecular complexity index is 1790. The summed E-state index contributed by atoms with van der Waals surface area (Å²) in [5.41, 5.74) is 0. The van der Waals surface area contributed by atoms with Crippen LogP contribution in [0.1, 0.15) is 388 Å². The number of esters is 4. The molecule has 0 aliphatic heterocycles. The molecule has 3 N–H and O–H groups in total. The molecule has 0 aromatic rings. The Hall–Kier alpha value is -1.94. The van der Waals surface area contributed by atoms with Crippen molar-refractivity contribution < 1.29 is 80.2 Å². The van der Waals surface area contributed by atoms with Gasteiger partial charge in [-0.3, -0.25) is 37.3 Å². The van der Waals surface area contributed by atoms with Crippen LogP contribution in [0.2, 0.25) is 0 Å². The van der Waals surface area contributed by atoms with E-state index in [4.69, 9.17) is 37.0 Å². The van der Waals surface area contributed by atoms with E-state index in [2.05, 4.69) is 34.6 Å². The van der Waals surface area contributed by atoms with Crippen LogP contribution >= 0.6 is 15.6 Å². The second-order valence-electron chi connectivity index (χ2n) is 27.2. The number of aliphatic hydroxyl groups excluding tert-OH is 1. The first-order valence-corrected chi connectivity index (χ1v) is 41.6. The SMILES string of the molecule is CCCCCCCCCCCCCCCCCCCC(=O)O[C@H](COC(=O)CCCCCCCCCCCCCCCC(C)C)COP(=O)(O)OC[C@@H](O)COP(=O)(O)OC[C@@H](COC(=O)CCCCCCCCCCCC)OC(=O)CCCCCCCCCCCC. The standard InChI is InChI=1S/C74H144O17P2/c1-6-9-12-15-18-21-24-25-26-27-28-31-35-40-45-50-55-60-74(79)91-70(64-85-72(77)58-53-48-43-39-34-32-29-30-33-36-41-46-51-56-67(4)5)66-89-93(82,83)87-62-68(75)61-86-92(80,81)88-65-69(90-73(78)59-54-49-44-38-23-20-17-14-11-8-3)63-84-71(76)57-52-47-42-37-22-19-16-13-10-7-2/h67-70,75H,6-66H2,1-5H3,(H,80,81)(H,82,83)/t68-,69+,70+/m0/s1. The fourth-order valence-electron chi connectivity index (χ4n) is 11.4. The zero-order valence-corrected chi connectivity index (χ0v) is 62.2. The largest absolute Gasteiger partial charge is 0.472 e. The van der Waals surface area contributed by atoms with Gasteiger partial charge in [0.05, 0.1) is 26.4 Å². The Kier molecular flexibility index (Phi) is 65.9. The number of aliphatic hydroxyl groups is 1. The fourth-order valence-corrected chi connectivity index (χ4v) is 12.9. The molecule has 17 nitrogen and oxygen atoms in total. The lowest BCUT2D eigenvalue weighted by Crippen LogP contribution is -2.30. The number of phosphoric ester groups is 2. The van der Waals surface area contributed by atoms with Gasteiger partial charge in [0.1, 0.15) is 19.3 Å². The molecule has 93 heavy (non-hydrogen) atoms. The molecule has 0 aliphatic carbocycles. The lowest BCUT2D eigenvalue weighted by atomic mass is 10.0. The summed E-state index contributed by atoms with van der Waals surface area (Å²) in [7, 11) is -9.90. The quantitative estimate of drug-likeness (QED) is 0.0222. The zero-order valence-electron chi connectivity index (χ0n) is 60.4. The number of hydrogen-bond acceptors (Lipinski definition) is 15. The summed E-state index contributed by atoms with van der Waals surface area (Å²) in [5.74, 6) is -1.32. The third-order valence-corrected chi connectivity index (χ3v) is 19.2. The van der Waals surface area contributed by atoms with Crippen molar-refractivity contribution >= 4 is 39.5 Å². The highest BCUT2D eigenvalue weighted by Crippen LogP contribution is 2.45. The summed E-state index contributed by atoms with van der Waals surface area (Å²) in [4.78, 5) is 72.7. The average molecular weight is 1370 g/mol. The van der Waals surface area contributed by atoms with E-state index in [0.29, 0.717) is 25.7 Å². The number of carbonyl (C=O) groups is 4. The summed E-state index contributed by atoms with van der Waals surface area (Å²) < 4.78 is 68.4. The van der Waals surface area contributed by atoms with Gasteiger partial charge in [0.25, 0.3) is 0 Å². The predicted octanol–water partition coefficient (Wildman–Crippen LogP) is 21.7. The van der Waals surface area contributed by atoms with Gasteiger partial charge in [-0.15, -0.1) is 0 Å². The van der Waals surface area contributed by atoms with Crippen LogP contribution in [0.25, 0.3) is 0 Å². The van der Waals surface area contributed by atoms with Crippen LogP contribution in [-0.2, 0) is 65.4 Å². The molecule has 2 unspecified atom stereocenters. The summed E-state index contributed by atoms with van der Waals surface area (Å²) in [6, 6.07) is 0. The smallest absolute Gasteiger partial charge is 0.462 e. The molecule has 0 amide bonds. The average Bonchev–Trinajstić information content (AvgIpc) is 2.67. The molecule has 5 atom stereocenters. The molecular formula is C74H144O17P2. The lowest BCUT2D eigenvalue weighted by Gasteiger charge is -2.21. The van der Waals surface area contributed by atoms with Crippen LogP contribution in [0.3, 0.4) is 0 Å². The second-order valence-corrected chi connectivity index (χ2v) is 30.1. The number of rotatable bonds is 74. The Balaban J connectivity index is 5.22. The predicted molar refractivity (Wildman–Crippen MR) is 377 cm³/mol. The Morgan fingerprint density at radius 2 is 0.495 bits per heavy atom. The maximum Gasteiger partial charge on any atom is 0.472 e. The van der Waals surface area contributed by atoms with Gasteiger partial charge in [0.2, 0.25) is 0 Å². The van der Waals surface area contributed by atoms with Gasteiger partial charge in [-0.25, -0.2) is 9.13 Å². The molecule has 0 aromatic heterocycles. The maximum absolute atomic E-state index is 13.1. The third-order valence-electron chi connectivity index (χ3n) is 17.3. The highest BCUT2D eigenvalue weighted by atomic mass is 31.2. The minimum absolute atomic E-state index is 0.107. The lowest BCUT2D eigenvalue weighted by molar-refractivity contribution is -0.161. The van der Waals surface area contributed by atoms with Gasteiger partial charge in [-0.1, -0.05) is 336 Å². The van der Waals surface area contributed by atoms with E-state index in [1.165, 1.54) is 212 Å². The molecule has 0 heterocycles. The number of hydrogen-bond donors (Lipinski definition) is 3. The minimum Gasteiger partial charge on any atom is -0.462 e. The van der Waals surface area contributed by atoms with Crippen molar-refractivity contribution in [1.82, 2.24) is 0 Å². The normalized spacial score (nSPS) is 14.0. The van der Waals surface area contributed by atoms with E-state index in [1.807, 2.05) is 0 Å². The first kappa shape index (κ1) is 91.1. The van der Waals surface area contributed by atoms with E-state index in [1.54, 1.807) is 0 Å². The van der Waals surface area contributed by atoms with Crippen LogP contribution in [0.5, 0.6) is 0 Å². The van der Waals surface area contributed by atoms with Crippen molar-refractivity contribution in [2.45, 2.75) is 406 Å². The molecule has 0 saturated heterocycles. The van der Waals surface area contributed by atoms with E-state index in [9.17, 15) is 43.2 Å². The topological polar surface area (TPSA) is 237 Å². The van der Waals surface area contributed by atoms with Crippen LogP contribution in [-0.4, -0.2) is 96.7 Å². The van der Waals surface area contributed by atoms with Crippen LogP contribution in [0.4, 0.5) is 0 Å². The van der Waals surface area contributed by atoms with Gasteiger partial charge >= 0.3 is 39.5 Å². The maximum atomic E-state index is 13.1. The first-order chi connectivity index (χ1) is 45.0. The monoisotopic (exact) mass is 1370 g/mol. The van der Waals surface area contributed by atoms with E-state index in [0.717, 1.165) is 95.8 Å². The summed E-state index contributed by atoms with van der Waals surface area (Å²) in [6.45, 7) is 7.28. The molecule has 0 rings (SSSR count). The van der Waals surface area contributed by atoms with Gasteiger partial charge < -0.3 is 33.8 Å². The van der Waals surface area contributed by atoms with Crippen molar-refractivity contribution in [2.24, 2.45) is 5.92 Å². The van der Waals surface area contributed by atoms with Crippen LogP contribution < -0.4 is 0 Å². The molecule has 0 fully saturated rings. The molecule has 0 spiro atoms. The number of unbranched alkanes of at least 4 members (excludes halogenated alkanes) is 46. The Morgan fingerprint density at radius 3 is 0.731 bits per heavy atom. The van der Waals surface area contributed by atoms with Crippen molar-refractivity contribution in [3.63, 3.8) is 0 Å². The van der Waals surface area contributed by atoms with Gasteiger partial charge in [0, 0.05) is 25.7 Å². The Morgan fingerprint density at radius 1 is 0.290 bits per heavy atom. The third kappa shape index (κ3) is 68.4. The summed E-state index contributed by atoms with van der Waals surface area (Å²) in [6.07, 6.45) is 55.4. The van der Waals surface area contributed by atoms with Crippen LogP contribution in [0.15, 0.2) is 0 Å². The van der Waals surface area contributed by atoms with Crippen molar-refractivity contribution in [2.75, 3.05) is 39.6 Å². The molecule has 0 bridgehead atoms. The second kappa shape index (κ2) is 67.3. The zero-order chi connectivity index (χ0) is 68.4. The molecule has 552 valence electrons. The number of phosphoric acid groups is 2. The molecule has 0 saturated carbocycles. The summed E-state index contributed by atoms with van der Waals surface area (Å²) in [5, 5.41) is 10.6. The van der Waals surface area contributed by atoms with Crippen molar-refractivity contribution in [3.8, 4) is 0 Å². The summed E-state index contributed by atoms with van der Waals surface area (Å²) >= 11 is 0. The van der Waals surface area contributed by atoms with E-state index in [-0.39, 0.29) is 25.7 Å². The van der Waals surface area contributed by atoms with Gasteiger partial charge in [-0.2, -0.15) is 0 Å². The van der Waals surface area contributed by atoms with Crippen molar-refractivity contribution in [3.05, 3.63) is 0 Å². The molecule has 19 heteroatoms. The van der Waals surface area contributed by atoms with Gasteiger partial charge in [-0.05, 0) is 31.6 Å². The highest BCUT2D eigenvalue weighted by molar-refractivity contribution is 7.47. The molecular weight excluding hydrogens is 1220 g/mol. The minimum atomic E-state index is -4.95. The van der Waals surface area contributed by atoms with Crippen molar-refractivity contribution in [1.29, 1.82) is 0 Å². The van der Waals surface area contributed by atoms with E-state index < -0.39 is 97.5 Å². The van der Waals surface area contributed by atoms with Crippen LogP contribution in [0, 0.1) is 5.92 Å². The number of ether oxygens (including phenoxy) is 4. The molecule has 0 aromatic carbocycles. The fraction of sp³-hybridized carbons (Fsp3) is 0.946.